The molecule has 0 bridgehead atoms. The van der Waals surface area contributed by atoms with Gasteiger partial charge in [-0.1, -0.05) is 18.2 Å². The van der Waals surface area contributed by atoms with Crippen LogP contribution in [0.2, 0.25) is 0 Å². The van der Waals surface area contributed by atoms with E-state index in [-0.39, 0.29) is 12.5 Å². The first-order chi connectivity index (χ1) is 8.22. The summed E-state index contributed by atoms with van der Waals surface area (Å²) in [5, 5.41) is 9.32. The molecular formula is C13H18N2O2. The van der Waals surface area contributed by atoms with Crippen molar-refractivity contribution in [1.82, 2.24) is 4.90 Å². The van der Waals surface area contributed by atoms with Gasteiger partial charge in [-0.05, 0) is 12.5 Å². The minimum Gasteiger partial charge on any atom is -0.392 e. The zero-order valence-corrected chi connectivity index (χ0v) is 10.1. The number of benzene rings is 1. The summed E-state index contributed by atoms with van der Waals surface area (Å²) in [5.74, 6) is 0.134. The van der Waals surface area contributed by atoms with Gasteiger partial charge in [0.2, 0.25) is 5.91 Å². The van der Waals surface area contributed by atoms with Crippen LogP contribution in [-0.2, 0) is 11.4 Å². The van der Waals surface area contributed by atoms with Gasteiger partial charge in [-0.2, -0.15) is 0 Å². The molecule has 1 fully saturated rings. The maximum atomic E-state index is 11.8. The fourth-order valence-electron chi connectivity index (χ4n) is 2.15. The van der Waals surface area contributed by atoms with Crippen molar-refractivity contribution >= 4 is 11.6 Å². The molecule has 1 aliphatic heterocycles. The number of likely N-dealkylation sites (N-methyl/N-ethyl adjacent to an activating group) is 1. The largest absolute Gasteiger partial charge is 0.392 e. The van der Waals surface area contributed by atoms with E-state index in [9.17, 15) is 9.90 Å². The smallest absolute Gasteiger partial charge is 0.241 e. The van der Waals surface area contributed by atoms with Gasteiger partial charge in [0.25, 0.3) is 0 Å². The lowest BCUT2D eigenvalue weighted by molar-refractivity contribution is -0.127. The average molecular weight is 234 g/mol. The molecule has 0 aliphatic carbocycles. The molecule has 0 aromatic heterocycles. The fraction of sp³-hybridized carbons (Fsp3) is 0.462. The first-order valence-electron chi connectivity index (χ1n) is 5.90. The van der Waals surface area contributed by atoms with Crippen molar-refractivity contribution in [2.24, 2.45) is 0 Å². The number of rotatable bonds is 2. The van der Waals surface area contributed by atoms with E-state index in [1.54, 1.807) is 4.90 Å². The summed E-state index contributed by atoms with van der Waals surface area (Å²) in [7, 11) is 1.84. The molecule has 1 aliphatic rings. The highest BCUT2D eigenvalue weighted by molar-refractivity contribution is 5.82. The first-order valence-corrected chi connectivity index (χ1v) is 5.90. The van der Waals surface area contributed by atoms with Gasteiger partial charge in [-0.15, -0.1) is 0 Å². The number of hydrogen-bond acceptors (Lipinski definition) is 3. The van der Waals surface area contributed by atoms with Crippen molar-refractivity contribution in [2.75, 3.05) is 31.6 Å². The van der Waals surface area contributed by atoms with Crippen molar-refractivity contribution in [2.45, 2.75) is 13.0 Å². The SMILES string of the molecule is CN1CCCN(c2ccccc2CO)CC1=O. The van der Waals surface area contributed by atoms with Crippen LogP contribution in [0.3, 0.4) is 0 Å². The third-order valence-electron chi connectivity index (χ3n) is 3.18. The number of amides is 1. The number of aliphatic hydroxyl groups is 1. The molecule has 1 aromatic rings. The van der Waals surface area contributed by atoms with Crippen LogP contribution in [-0.4, -0.2) is 42.6 Å². The van der Waals surface area contributed by atoms with Gasteiger partial charge in [0, 0.05) is 31.4 Å². The Morgan fingerprint density at radius 2 is 2.06 bits per heavy atom. The number of hydrogen-bond donors (Lipinski definition) is 1. The first kappa shape index (κ1) is 11.9. The van der Waals surface area contributed by atoms with Gasteiger partial charge in [-0.25, -0.2) is 0 Å². The van der Waals surface area contributed by atoms with Gasteiger partial charge in [0.1, 0.15) is 0 Å². The summed E-state index contributed by atoms with van der Waals surface area (Å²) in [6.07, 6.45) is 0.960. The van der Waals surface area contributed by atoms with Gasteiger partial charge in [-0.3, -0.25) is 4.79 Å². The number of nitrogens with zero attached hydrogens (tertiary/aromatic N) is 2. The molecule has 0 unspecified atom stereocenters. The molecular weight excluding hydrogens is 216 g/mol. The Morgan fingerprint density at radius 1 is 1.29 bits per heavy atom. The van der Waals surface area contributed by atoms with Crippen molar-refractivity contribution in [3.05, 3.63) is 29.8 Å². The highest BCUT2D eigenvalue weighted by atomic mass is 16.3. The predicted molar refractivity (Wildman–Crippen MR) is 66.8 cm³/mol. The van der Waals surface area contributed by atoms with Crippen LogP contribution in [0, 0.1) is 0 Å². The summed E-state index contributed by atoms with van der Waals surface area (Å²) in [4.78, 5) is 15.6. The summed E-state index contributed by atoms with van der Waals surface area (Å²) in [6, 6.07) is 7.70. The summed E-state index contributed by atoms with van der Waals surface area (Å²) in [5.41, 5.74) is 1.85. The molecule has 0 atom stereocenters. The maximum absolute atomic E-state index is 11.8. The number of aliphatic hydroxyl groups excluding tert-OH is 1. The van der Waals surface area contributed by atoms with Gasteiger partial charge in [0.05, 0.1) is 13.2 Å². The van der Waals surface area contributed by atoms with Crippen LogP contribution >= 0.6 is 0 Å². The molecule has 4 nitrogen and oxygen atoms in total. The number of para-hydroxylation sites is 1. The van der Waals surface area contributed by atoms with Crippen LogP contribution in [0.4, 0.5) is 5.69 Å². The van der Waals surface area contributed by atoms with Gasteiger partial charge >= 0.3 is 0 Å². The van der Waals surface area contributed by atoms with Crippen LogP contribution < -0.4 is 4.90 Å². The van der Waals surface area contributed by atoms with Crippen LogP contribution in [0.25, 0.3) is 0 Å². The second kappa shape index (κ2) is 5.19. The minimum absolute atomic E-state index is 0.0106. The zero-order valence-electron chi connectivity index (χ0n) is 10.1. The van der Waals surface area contributed by atoms with E-state index in [2.05, 4.69) is 4.90 Å². The molecule has 92 valence electrons. The standard InChI is InChI=1S/C13H18N2O2/c1-14-7-4-8-15(9-13(14)17)12-6-3-2-5-11(12)10-16/h2-3,5-6,16H,4,7-10H2,1H3. The van der Waals surface area contributed by atoms with Crippen molar-refractivity contribution < 1.29 is 9.90 Å². The molecule has 4 heteroatoms. The van der Waals surface area contributed by atoms with E-state index in [1.807, 2.05) is 31.3 Å². The van der Waals surface area contributed by atoms with E-state index < -0.39 is 0 Å². The minimum atomic E-state index is 0.0106. The van der Waals surface area contributed by atoms with Crippen molar-refractivity contribution in [3.8, 4) is 0 Å². The monoisotopic (exact) mass is 234 g/mol. The third-order valence-corrected chi connectivity index (χ3v) is 3.18. The molecule has 0 spiro atoms. The Hall–Kier alpha value is -1.55. The quantitative estimate of drug-likeness (QED) is 0.825. The molecule has 1 saturated heterocycles. The molecule has 0 saturated carbocycles. The van der Waals surface area contributed by atoms with E-state index in [4.69, 9.17) is 0 Å². The van der Waals surface area contributed by atoms with E-state index in [0.717, 1.165) is 30.8 Å². The van der Waals surface area contributed by atoms with Gasteiger partial charge < -0.3 is 14.9 Å². The second-order valence-corrected chi connectivity index (χ2v) is 4.38. The highest BCUT2D eigenvalue weighted by Gasteiger charge is 2.20. The lowest BCUT2D eigenvalue weighted by Gasteiger charge is -2.24. The Labute approximate surface area is 101 Å². The lowest BCUT2D eigenvalue weighted by Crippen LogP contribution is -2.34. The average Bonchev–Trinajstić information content (AvgIpc) is 2.52. The number of carbonyl (C=O) groups excluding carboxylic acids is 1. The molecule has 1 amide bonds. The maximum Gasteiger partial charge on any atom is 0.241 e. The fourth-order valence-corrected chi connectivity index (χ4v) is 2.15. The predicted octanol–water partition coefficient (Wildman–Crippen LogP) is 0.847. The molecule has 0 radical (unpaired) electrons. The van der Waals surface area contributed by atoms with Crippen LogP contribution in [0.15, 0.2) is 24.3 Å². The summed E-state index contributed by atoms with van der Waals surface area (Å²) in [6.45, 7) is 2.06. The lowest BCUT2D eigenvalue weighted by atomic mass is 10.1. The highest BCUT2D eigenvalue weighted by Crippen LogP contribution is 2.21. The number of anilines is 1. The van der Waals surface area contributed by atoms with Crippen LogP contribution in [0.5, 0.6) is 0 Å². The van der Waals surface area contributed by atoms with E-state index >= 15 is 0 Å². The van der Waals surface area contributed by atoms with Crippen molar-refractivity contribution in [1.29, 1.82) is 0 Å². The third kappa shape index (κ3) is 2.58. The Bertz CT molecular complexity index is 406. The zero-order chi connectivity index (χ0) is 12.3. The van der Waals surface area contributed by atoms with Gasteiger partial charge in [0.15, 0.2) is 0 Å². The van der Waals surface area contributed by atoms with Crippen LogP contribution in [0.1, 0.15) is 12.0 Å². The molecule has 1 N–H and O–H groups in total. The van der Waals surface area contributed by atoms with Crippen molar-refractivity contribution in [3.63, 3.8) is 0 Å². The molecule has 2 rings (SSSR count). The molecule has 1 aromatic carbocycles. The Kier molecular flexibility index (Phi) is 3.64. The Balaban J connectivity index is 2.23. The second-order valence-electron chi connectivity index (χ2n) is 4.38. The molecule has 17 heavy (non-hydrogen) atoms. The Morgan fingerprint density at radius 3 is 2.82 bits per heavy atom. The van der Waals surface area contributed by atoms with E-state index in [0.29, 0.717) is 6.54 Å². The number of carbonyl (C=O) groups is 1. The molecule has 1 heterocycles. The summed E-state index contributed by atoms with van der Waals surface area (Å²) >= 11 is 0. The summed E-state index contributed by atoms with van der Waals surface area (Å²) < 4.78 is 0. The normalized spacial score (nSPS) is 17.2. The topological polar surface area (TPSA) is 43.8 Å². The van der Waals surface area contributed by atoms with E-state index in [1.165, 1.54) is 0 Å².